The minimum Gasteiger partial charge on any atom is -0.313 e. The first kappa shape index (κ1) is 13.4. The van der Waals surface area contributed by atoms with E-state index in [2.05, 4.69) is 33.0 Å². The lowest BCUT2D eigenvalue weighted by Gasteiger charge is -2.34. The molecule has 2 rings (SSSR count). The van der Waals surface area contributed by atoms with Crippen LogP contribution in [0.15, 0.2) is 0 Å². The van der Waals surface area contributed by atoms with Crippen LogP contribution in [0.1, 0.15) is 72.6 Å². The quantitative estimate of drug-likeness (QED) is 0.723. The van der Waals surface area contributed by atoms with Crippen molar-refractivity contribution >= 4 is 0 Å². The van der Waals surface area contributed by atoms with Gasteiger partial charge in [-0.15, -0.1) is 0 Å². The van der Waals surface area contributed by atoms with Crippen LogP contribution in [0.2, 0.25) is 0 Å². The third-order valence-electron chi connectivity index (χ3n) is 5.37. The molecule has 2 aliphatic rings. The Bertz CT molecular complexity index is 246. The first-order valence-electron chi connectivity index (χ1n) is 7.69. The van der Waals surface area contributed by atoms with Gasteiger partial charge >= 0.3 is 0 Å². The van der Waals surface area contributed by atoms with E-state index < -0.39 is 0 Å². The summed E-state index contributed by atoms with van der Waals surface area (Å²) < 4.78 is 0. The molecule has 0 aromatic heterocycles. The second-order valence-electron chi connectivity index (χ2n) is 7.56. The van der Waals surface area contributed by atoms with Crippen LogP contribution in [0, 0.1) is 16.7 Å². The Morgan fingerprint density at radius 1 is 1.00 bits per heavy atom. The zero-order valence-corrected chi connectivity index (χ0v) is 12.3. The largest absolute Gasteiger partial charge is 0.313 e. The fourth-order valence-electron chi connectivity index (χ4n) is 3.69. The van der Waals surface area contributed by atoms with Crippen LogP contribution in [0.5, 0.6) is 0 Å². The fourth-order valence-corrected chi connectivity index (χ4v) is 3.69. The van der Waals surface area contributed by atoms with Crippen molar-refractivity contribution < 1.29 is 0 Å². The Balaban J connectivity index is 1.85. The molecule has 1 atom stereocenters. The van der Waals surface area contributed by atoms with Crippen molar-refractivity contribution in [3.05, 3.63) is 0 Å². The summed E-state index contributed by atoms with van der Waals surface area (Å²) in [5.41, 5.74) is 1.26. The summed E-state index contributed by atoms with van der Waals surface area (Å²) in [6.07, 6.45) is 10.1. The van der Waals surface area contributed by atoms with E-state index in [-0.39, 0.29) is 0 Å². The highest BCUT2D eigenvalue weighted by molar-refractivity contribution is 4.98. The van der Waals surface area contributed by atoms with Crippen molar-refractivity contribution in [1.82, 2.24) is 5.32 Å². The van der Waals surface area contributed by atoms with E-state index >= 15 is 0 Å². The topological polar surface area (TPSA) is 12.0 Å². The van der Waals surface area contributed by atoms with Gasteiger partial charge in [0.2, 0.25) is 0 Å². The van der Waals surface area contributed by atoms with Gasteiger partial charge in [0.1, 0.15) is 0 Å². The molecule has 0 saturated heterocycles. The molecule has 2 saturated carbocycles. The Morgan fingerprint density at radius 3 is 2.06 bits per heavy atom. The molecule has 0 aromatic rings. The molecule has 0 radical (unpaired) electrons. The third-order valence-corrected chi connectivity index (χ3v) is 5.37. The molecule has 0 heterocycles. The maximum atomic E-state index is 3.87. The van der Waals surface area contributed by atoms with Crippen LogP contribution >= 0.6 is 0 Å². The van der Waals surface area contributed by atoms with Gasteiger partial charge in [0, 0.05) is 12.6 Å². The molecule has 1 heteroatoms. The summed E-state index contributed by atoms with van der Waals surface area (Å²) in [6, 6.07) is 0.715. The van der Waals surface area contributed by atoms with E-state index in [4.69, 9.17) is 0 Å². The first-order chi connectivity index (χ1) is 7.96. The smallest absolute Gasteiger partial charge is 0.00927 e. The van der Waals surface area contributed by atoms with Crippen molar-refractivity contribution in [2.45, 2.75) is 78.7 Å². The first-order valence-corrected chi connectivity index (χ1v) is 7.69. The molecular weight excluding hydrogens is 206 g/mol. The second-order valence-corrected chi connectivity index (χ2v) is 7.56. The van der Waals surface area contributed by atoms with E-state index in [9.17, 15) is 0 Å². The van der Waals surface area contributed by atoms with Crippen LogP contribution in [0.4, 0.5) is 0 Å². The lowest BCUT2D eigenvalue weighted by molar-refractivity contribution is 0.204. The zero-order valence-electron chi connectivity index (χ0n) is 12.3. The molecule has 17 heavy (non-hydrogen) atoms. The van der Waals surface area contributed by atoms with Crippen LogP contribution in [-0.4, -0.2) is 12.6 Å². The average Bonchev–Trinajstić information content (AvgIpc) is 2.85. The van der Waals surface area contributed by atoms with Gasteiger partial charge in [-0.1, -0.05) is 33.6 Å². The van der Waals surface area contributed by atoms with Crippen LogP contribution in [0.25, 0.3) is 0 Å². The molecule has 1 nitrogen and oxygen atoms in total. The van der Waals surface area contributed by atoms with Gasteiger partial charge in [0.25, 0.3) is 0 Å². The highest BCUT2D eigenvalue weighted by Gasteiger charge is 2.43. The molecule has 1 unspecified atom stereocenters. The minimum absolute atomic E-state index is 0.623. The van der Waals surface area contributed by atoms with Crippen LogP contribution in [0.3, 0.4) is 0 Å². The highest BCUT2D eigenvalue weighted by atomic mass is 14.9. The Kier molecular flexibility index (Phi) is 3.87. The monoisotopic (exact) mass is 237 g/mol. The van der Waals surface area contributed by atoms with Crippen LogP contribution < -0.4 is 5.32 Å². The van der Waals surface area contributed by atoms with Gasteiger partial charge in [-0.05, 0) is 55.8 Å². The SMILES string of the molecule is CC(C)CC1(CNC(C)C2(C)CC2)CCCC1. The van der Waals surface area contributed by atoms with Gasteiger partial charge in [-0.3, -0.25) is 0 Å². The van der Waals surface area contributed by atoms with Crippen LogP contribution in [-0.2, 0) is 0 Å². The number of hydrogen-bond donors (Lipinski definition) is 1. The summed E-state index contributed by atoms with van der Waals surface area (Å²) in [7, 11) is 0. The normalized spacial score (nSPS) is 27.4. The van der Waals surface area contributed by atoms with Gasteiger partial charge in [-0.25, -0.2) is 0 Å². The van der Waals surface area contributed by atoms with E-state index in [1.54, 1.807) is 0 Å². The maximum Gasteiger partial charge on any atom is 0.00927 e. The van der Waals surface area contributed by atoms with Gasteiger partial charge < -0.3 is 5.32 Å². The Morgan fingerprint density at radius 2 is 1.59 bits per heavy atom. The molecular formula is C16H31N. The lowest BCUT2D eigenvalue weighted by atomic mass is 9.78. The third kappa shape index (κ3) is 3.24. The fraction of sp³-hybridized carbons (Fsp3) is 1.00. The standard InChI is InChI=1S/C16H31N/c1-13(2)11-16(7-5-6-8-16)12-17-14(3)15(4)9-10-15/h13-14,17H,5-12H2,1-4H3. The van der Waals surface area contributed by atoms with Gasteiger partial charge in [0.05, 0.1) is 0 Å². The summed E-state index contributed by atoms with van der Waals surface area (Å²) in [6.45, 7) is 10.9. The molecule has 0 aliphatic heterocycles. The molecule has 0 aromatic carbocycles. The molecule has 0 amide bonds. The van der Waals surface area contributed by atoms with E-state index in [0.29, 0.717) is 16.9 Å². The van der Waals surface area contributed by atoms with Crippen molar-refractivity contribution in [2.75, 3.05) is 6.54 Å². The zero-order chi connectivity index (χ0) is 12.5. The molecule has 0 bridgehead atoms. The van der Waals surface area contributed by atoms with E-state index in [1.807, 2.05) is 0 Å². The Hall–Kier alpha value is -0.0400. The lowest BCUT2D eigenvalue weighted by Crippen LogP contribution is -2.41. The number of nitrogens with one attached hydrogen (secondary N) is 1. The number of rotatable bonds is 6. The summed E-state index contributed by atoms with van der Waals surface area (Å²) in [5, 5.41) is 3.87. The average molecular weight is 237 g/mol. The minimum atomic E-state index is 0.623. The summed E-state index contributed by atoms with van der Waals surface area (Å²) >= 11 is 0. The summed E-state index contributed by atoms with van der Waals surface area (Å²) in [4.78, 5) is 0. The molecule has 0 spiro atoms. The molecule has 1 N–H and O–H groups in total. The highest BCUT2D eigenvalue weighted by Crippen LogP contribution is 2.49. The van der Waals surface area contributed by atoms with Crippen molar-refractivity contribution in [3.63, 3.8) is 0 Å². The summed E-state index contributed by atoms with van der Waals surface area (Å²) in [5.74, 6) is 0.849. The molecule has 100 valence electrons. The maximum absolute atomic E-state index is 3.87. The molecule has 2 fully saturated rings. The number of hydrogen-bond acceptors (Lipinski definition) is 1. The van der Waals surface area contributed by atoms with Gasteiger partial charge in [0.15, 0.2) is 0 Å². The second kappa shape index (κ2) is 4.91. The van der Waals surface area contributed by atoms with Crippen molar-refractivity contribution in [2.24, 2.45) is 16.7 Å². The Labute approximate surface area is 108 Å². The van der Waals surface area contributed by atoms with E-state index in [1.165, 1.54) is 51.5 Å². The van der Waals surface area contributed by atoms with E-state index in [0.717, 1.165) is 5.92 Å². The van der Waals surface area contributed by atoms with Crippen molar-refractivity contribution in [1.29, 1.82) is 0 Å². The predicted molar refractivity (Wildman–Crippen MR) is 75.2 cm³/mol. The molecule has 2 aliphatic carbocycles. The van der Waals surface area contributed by atoms with Crippen molar-refractivity contribution in [3.8, 4) is 0 Å². The predicted octanol–water partition coefficient (Wildman–Crippen LogP) is 4.37. The van der Waals surface area contributed by atoms with Gasteiger partial charge in [-0.2, -0.15) is 0 Å².